The number of halogens is 1. The Morgan fingerprint density at radius 2 is 1.85 bits per heavy atom. The van der Waals surface area contributed by atoms with Crippen LogP contribution in [0.15, 0.2) is 48.5 Å². The largest absolute Gasteiger partial charge is 0.490 e. The maximum absolute atomic E-state index is 12.5. The Bertz CT molecular complexity index is 801. The highest BCUT2D eigenvalue weighted by atomic mass is 35.5. The van der Waals surface area contributed by atoms with Crippen LogP contribution in [0.4, 0.5) is 5.69 Å². The molecule has 2 amide bonds. The van der Waals surface area contributed by atoms with Gasteiger partial charge in [-0.15, -0.1) is 0 Å². The van der Waals surface area contributed by atoms with Crippen molar-refractivity contribution >= 4 is 29.1 Å². The molecule has 0 spiro atoms. The Hall–Kier alpha value is -2.53. The number of likely N-dealkylation sites (N-methyl/N-ethyl adjacent to an activating group) is 1. The molecule has 0 bridgehead atoms. The molecule has 0 radical (unpaired) electrons. The van der Waals surface area contributed by atoms with E-state index in [1.54, 1.807) is 43.4 Å². The number of nitrogens with one attached hydrogen (secondary N) is 1. The molecular weight excluding hydrogens is 364 g/mol. The topological polar surface area (TPSA) is 58.6 Å². The third kappa shape index (κ3) is 5.47. The van der Waals surface area contributed by atoms with E-state index in [2.05, 4.69) is 5.32 Å². The van der Waals surface area contributed by atoms with Gasteiger partial charge in [0, 0.05) is 23.3 Å². The summed E-state index contributed by atoms with van der Waals surface area (Å²) in [5, 5.41) is 3.27. The third-order valence-corrected chi connectivity index (χ3v) is 4.78. The summed E-state index contributed by atoms with van der Waals surface area (Å²) in [6.45, 7) is -0.0499. The van der Waals surface area contributed by atoms with E-state index in [4.69, 9.17) is 16.3 Å². The van der Waals surface area contributed by atoms with E-state index in [0.29, 0.717) is 16.3 Å². The number of nitrogens with zero attached hydrogens (tertiary/aromatic N) is 1. The molecule has 1 fully saturated rings. The molecule has 6 heteroatoms. The van der Waals surface area contributed by atoms with Gasteiger partial charge in [0.1, 0.15) is 5.75 Å². The van der Waals surface area contributed by atoms with Crippen molar-refractivity contribution in [2.75, 3.05) is 18.9 Å². The van der Waals surface area contributed by atoms with Crippen LogP contribution in [0.3, 0.4) is 0 Å². The maximum Gasteiger partial charge on any atom is 0.254 e. The predicted molar refractivity (Wildman–Crippen MR) is 106 cm³/mol. The normalized spacial score (nSPS) is 14.0. The van der Waals surface area contributed by atoms with Gasteiger partial charge in [-0.3, -0.25) is 9.59 Å². The predicted octanol–water partition coefficient (Wildman–Crippen LogP) is 4.37. The molecule has 1 aliphatic carbocycles. The summed E-state index contributed by atoms with van der Waals surface area (Å²) in [4.78, 5) is 26.1. The zero-order valence-electron chi connectivity index (χ0n) is 15.3. The molecule has 0 heterocycles. The van der Waals surface area contributed by atoms with Crippen molar-refractivity contribution in [3.8, 4) is 5.75 Å². The van der Waals surface area contributed by atoms with E-state index >= 15 is 0 Å². The zero-order valence-corrected chi connectivity index (χ0v) is 16.0. The van der Waals surface area contributed by atoms with Crippen molar-refractivity contribution in [1.82, 2.24) is 4.90 Å². The molecule has 0 aromatic heterocycles. The fourth-order valence-electron chi connectivity index (χ4n) is 3.15. The van der Waals surface area contributed by atoms with Crippen molar-refractivity contribution < 1.29 is 14.3 Å². The first-order chi connectivity index (χ1) is 13.0. The second kappa shape index (κ2) is 8.91. The average molecular weight is 387 g/mol. The summed E-state index contributed by atoms with van der Waals surface area (Å²) in [7, 11) is 1.60. The SMILES string of the molecule is CN(CC(=O)Nc1cccc(Cl)c1)C(=O)c1ccc(OC2CCCC2)cc1. The summed E-state index contributed by atoms with van der Waals surface area (Å²) in [6.07, 6.45) is 4.88. The second-order valence-corrected chi connectivity index (χ2v) is 7.20. The smallest absolute Gasteiger partial charge is 0.254 e. The number of ether oxygens (including phenoxy) is 1. The number of amides is 2. The van der Waals surface area contributed by atoms with Crippen LogP contribution in [0.5, 0.6) is 5.75 Å². The summed E-state index contributed by atoms with van der Waals surface area (Å²) >= 11 is 5.90. The molecule has 0 atom stereocenters. The molecule has 1 N–H and O–H groups in total. The van der Waals surface area contributed by atoms with E-state index in [9.17, 15) is 9.59 Å². The molecule has 27 heavy (non-hydrogen) atoms. The lowest BCUT2D eigenvalue weighted by molar-refractivity contribution is -0.116. The van der Waals surface area contributed by atoms with Gasteiger partial charge >= 0.3 is 0 Å². The summed E-state index contributed by atoms with van der Waals surface area (Å²) in [5.74, 6) is 0.276. The molecule has 2 aromatic carbocycles. The van der Waals surface area contributed by atoms with E-state index < -0.39 is 0 Å². The number of rotatable bonds is 6. The summed E-state index contributed by atoms with van der Waals surface area (Å²) < 4.78 is 5.91. The van der Waals surface area contributed by atoms with Crippen LogP contribution in [-0.2, 0) is 4.79 Å². The minimum atomic E-state index is -0.283. The van der Waals surface area contributed by atoms with Gasteiger partial charge in [-0.2, -0.15) is 0 Å². The molecule has 2 aromatic rings. The van der Waals surface area contributed by atoms with Gasteiger partial charge in [0.15, 0.2) is 0 Å². The van der Waals surface area contributed by atoms with Crippen molar-refractivity contribution in [3.05, 3.63) is 59.1 Å². The van der Waals surface area contributed by atoms with Crippen LogP contribution >= 0.6 is 11.6 Å². The Kier molecular flexibility index (Phi) is 6.35. The van der Waals surface area contributed by atoms with Crippen LogP contribution in [0.25, 0.3) is 0 Å². The summed E-state index contributed by atoms with van der Waals surface area (Å²) in [5.41, 5.74) is 1.12. The molecule has 0 aliphatic heterocycles. The molecule has 0 saturated heterocycles. The fourth-order valence-corrected chi connectivity index (χ4v) is 3.34. The number of carbonyl (C=O) groups is 2. The zero-order chi connectivity index (χ0) is 19.2. The average Bonchev–Trinajstić information content (AvgIpc) is 3.14. The molecule has 142 valence electrons. The Morgan fingerprint density at radius 1 is 1.15 bits per heavy atom. The van der Waals surface area contributed by atoms with Crippen molar-refractivity contribution in [2.45, 2.75) is 31.8 Å². The maximum atomic E-state index is 12.5. The standard InChI is InChI=1S/C21H23ClN2O3/c1-24(14-20(25)23-17-6-4-5-16(22)13-17)21(26)15-9-11-19(12-10-15)27-18-7-2-3-8-18/h4-6,9-13,18H,2-3,7-8,14H2,1H3,(H,23,25). The molecule has 5 nitrogen and oxygen atoms in total. The van der Waals surface area contributed by atoms with Gasteiger partial charge in [-0.25, -0.2) is 0 Å². The highest BCUT2D eigenvalue weighted by molar-refractivity contribution is 6.30. The molecular formula is C21H23ClN2O3. The fraction of sp³-hybridized carbons (Fsp3) is 0.333. The number of hydrogen-bond acceptors (Lipinski definition) is 3. The first-order valence-electron chi connectivity index (χ1n) is 9.09. The van der Waals surface area contributed by atoms with Crippen LogP contribution in [0.2, 0.25) is 5.02 Å². The van der Waals surface area contributed by atoms with Gasteiger partial charge in [-0.05, 0) is 68.1 Å². The van der Waals surface area contributed by atoms with E-state index in [1.807, 2.05) is 12.1 Å². The molecule has 3 rings (SSSR count). The number of hydrogen-bond donors (Lipinski definition) is 1. The lowest BCUT2D eigenvalue weighted by atomic mass is 10.2. The van der Waals surface area contributed by atoms with Gasteiger partial charge in [0.25, 0.3) is 5.91 Å². The van der Waals surface area contributed by atoms with Gasteiger partial charge in [0.05, 0.1) is 12.6 Å². The lowest BCUT2D eigenvalue weighted by Gasteiger charge is -2.18. The van der Waals surface area contributed by atoms with Gasteiger partial charge < -0.3 is 15.0 Å². The van der Waals surface area contributed by atoms with Gasteiger partial charge in [-0.1, -0.05) is 17.7 Å². The molecule has 0 unspecified atom stereocenters. The van der Waals surface area contributed by atoms with E-state index in [-0.39, 0.29) is 24.5 Å². The van der Waals surface area contributed by atoms with E-state index in [0.717, 1.165) is 18.6 Å². The quantitative estimate of drug-likeness (QED) is 0.801. The van der Waals surface area contributed by atoms with Gasteiger partial charge in [0.2, 0.25) is 5.91 Å². The minimum absolute atomic E-state index is 0.0499. The number of benzene rings is 2. The van der Waals surface area contributed by atoms with Crippen LogP contribution in [-0.4, -0.2) is 36.4 Å². The highest BCUT2D eigenvalue weighted by Gasteiger charge is 2.18. The Labute approximate surface area is 164 Å². The summed E-state index contributed by atoms with van der Waals surface area (Å²) in [6, 6.07) is 14.0. The van der Waals surface area contributed by atoms with Crippen LogP contribution < -0.4 is 10.1 Å². The Morgan fingerprint density at radius 3 is 2.52 bits per heavy atom. The minimum Gasteiger partial charge on any atom is -0.490 e. The monoisotopic (exact) mass is 386 g/mol. The van der Waals surface area contributed by atoms with Crippen molar-refractivity contribution in [2.24, 2.45) is 0 Å². The van der Waals surface area contributed by atoms with Crippen LogP contribution in [0.1, 0.15) is 36.0 Å². The second-order valence-electron chi connectivity index (χ2n) is 6.77. The molecule has 1 saturated carbocycles. The highest BCUT2D eigenvalue weighted by Crippen LogP contribution is 2.24. The van der Waals surface area contributed by atoms with Crippen molar-refractivity contribution in [1.29, 1.82) is 0 Å². The first kappa shape index (κ1) is 19.2. The molecule has 1 aliphatic rings. The number of anilines is 1. The van der Waals surface area contributed by atoms with Crippen LogP contribution in [0, 0.1) is 0 Å². The third-order valence-electron chi connectivity index (χ3n) is 4.54. The first-order valence-corrected chi connectivity index (χ1v) is 9.46. The van der Waals surface area contributed by atoms with E-state index in [1.165, 1.54) is 17.7 Å². The Balaban J connectivity index is 1.53. The van der Waals surface area contributed by atoms with Crippen molar-refractivity contribution in [3.63, 3.8) is 0 Å². The lowest BCUT2D eigenvalue weighted by Crippen LogP contribution is -2.34. The number of carbonyl (C=O) groups excluding carboxylic acids is 2.